The Morgan fingerprint density at radius 3 is 2.71 bits per heavy atom. The number of hydrogen-bond acceptors (Lipinski definition) is 2. The van der Waals surface area contributed by atoms with Gasteiger partial charge in [-0.15, -0.1) is 0 Å². The van der Waals surface area contributed by atoms with Crippen LogP contribution in [0.5, 0.6) is 0 Å². The molecule has 0 aromatic heterocycles. The summed E-state index contributed by atoms with van der Waals surface area (Å²) in [6.45, 7) is 2.64. The van der Waals surface area contributed by atoms with Gasteiger partial charge >= 0.3 is 0 Å². The summed E-state index contributed by atoms with van der Waals surface area (Å²) in [4.78, 5) is 11.4. The zero-order valence-electron chi connectivity index (χ0n) is 8.36. The third-order valence-corrected chi connectivity index (χ3v) is 2.90. The van der Waals surface area contributed by atoms with Crippen LogP contribution in [0, 0.1) is 5.92 Å². The lowest BCUT2D eigenvalue weighted by Gasteiger charge is -2.17. The number of Topliss-reactive ketones (excluding diaryl/α,β-unsaturated/α-hetero) is 1. The van der Waals surface area contributed by atoms with Gasteiger partial charge in [-0.05, 0) is 25.5 Å². The lowest BCUT2D eigenvalue weighted by Crippen LogP contribution is -2.21. The Labute approximate surface area is 84.3 Å². The van der Waals surface area contributed by atoms with E-state index in [0.29, 0.717) is 5.78 Å². The topological polar surface area (TPSA) is 29.1 Å². The van der Waals surface area contributed by atoms with E-state index in [4.69, 9.17) is 0 Å². The largest absolute Gasteiger partial charge is 0.309 e. The van der Waals surface area contributed by atoms with E-state index in [2.05, 4.69) is 17.4 Å². The Hall–Kier alpha value is -1.15. The Balaban J connectivity index is 2.22. The number of benzene rings is 1. The van der Waals surface area contributed by atoms with Crippen LogP contribution in [0.2, 0.25) is 0 Å². The summed E-state index contributed by atoms with van der Waals surface area (Å²) in [5.74, 6) is 0.459. The van der Waals surface area contributed by atoms with E-state index < -0.39 is 0 Å². The summed E-state index contributed by atoms with van der Waals surface area (Å²) < 4.78 is 0. The Kier molecular flexibility index (Phi) is 2.64. The van der Waals surface area contributed by atoms with E-state index in [1.54, 1.807) is 6.92 Å². The SMILES string of the molecule is CC(=O)[C@H]1CCN[C@@H]1c1ccccc1. The molecule has 0 unspecified atom stereocenters. The fourth-order valence-corrected chi connectivity index (χ4v) is 2.15. The predicted octanol–water partition coefficient (Wildman–Crippen LogP) is 1.93. The molecule has 0 saturated carbocycles. The van der Waals surface area contributed by atoms with Crippen LogP contribution in [0.15, 0.2) is 30.3 Å². The van der Waals surface area contributed by atoms with E-state index >= 15 is 0 Å². The lowest BCUT2D eigenvalue weighted by molar-refractivity contribution is -0.121. The second-order valence-corrected chi connectivity index (χ2v) is 3.85. The van der Waals surface area contributed by atoms with Gasteiger partial charge in [-0.3, -0.25) is 4.79 Å². The molecule has 1 N–H and O–H groups in total. The molecular formula is C12H15NO. The number of carbonyl (C=O) groups is 1. The van der Waals surface area contributed by atoms with Gasteiger partial charge in [-0.2, -0.15) is 0 Å². The van der Waals surface area contributed by atoms with Gasteiger partial charge in [0.2, 0.25) is 0 Å². The summed E-state index contributed by atoms with van der Waals surface area (Å²) in [6, 6.07) is 10.4. The molecule has 2 rings (SSSR count). The van der Waals surface area contributed by atoms with Crippen LogP contribution in [0.4, 0.5) is 0 Å². The van der Waals surface area contributed by atoms with Gasteiger partial charge in [0, 0.05) is 12.0 Å². The first-order valence-corrected chi connectivity index (χ1v) is 5.08. The highest BCUT2D eigenvalue weighted by Crippen LogP contribution is 2.29. The van der Waals surface area contributed by atoms with E-state index in [1.807, 2.05) is 18.2 Å². The van der Waals surface area contributed by atoms with E-state index in [9.17, 15) is 4.79 Å². The first kappa shape index (κ1) is 9.41. The molecule has 1 fully saturated rings. The summed E-state index contributed by atoms with van der Waals surface area (Å²) in [6.07, 6.45) is 0.967. The monoisotopic (exact) mass is 189 g/mol. The maximum atomic E-state index is 11.4. The second kappa shape index (κ2) is 3.93. The molecular weight excluding hydrogens is 174 g/mol. The molecule has 2 nitrogen and oxygen atoms in total. The number of hydrogen-bond donors (Lipinski definition) is 1. The summed E-state index contributed by atoms with van der Waals surface area (Å²) >= 11 is 0. The van der Waals surface area contributed by atoms with Crippen molar-refractivity contribution in [1.82, 2.24) is 5.32 Å². The fraction of sp³-hybridized carbons (Fsp3) is 0.417. The van der Waals surface area contributed by atoms with Crippen molar-refractivity contribution >= 4 is 5.78 Å². The van der Waals surface area contributed by atoms with Crippen molar-refractivity contribution in [2.24, 2.45) is 5.92 Å². The fourth-order valence-electron chi connectivity index (χ4n) is 2.15. The molecule has 1 aromatic rings. The average Bonchev–Trinajstić information content (AvgIpc) is 2.67. The van der Waals surface area contributed by atoms with Crippen molar-refractivity contribution in [1.29, 1.82) is 0 Å². The lowest BCUT2D eigenvalue weighted by atomic mass is 9.91. The molecule has 0 bridgehead atoms. The van der Waals surface area contributed by atoms with Crippen molar-refractivity contribution in [2.75, 3.05) is 6.54 Å². The van der Waals surface area contributed by atoms with Gasteiger partial charge in [0.05, 0.1) is 0 Å². The molecule has 1 saturated heterocycles. The van der Waals surface area contributed by atoms with Crippen molar-refractivity contribution < 1.29 is 4.79 Å². The molecule has 74 valence electrons. The third-order valence-electron chi connectivity index (χ3n) is 2.90. The van der Waals surface area contributed by atoms with Gasteiger partial charge in [-0.25, -0.2) is 0 Å². The van der Waals surface area contributed by atoms with Crippen molar-refractivity contribution in [2.45, 2.75) is 19.4 Å². The number of rotatable bonds is 2. The average molecular weight is 189 g/mol. The van der Waals surface area contributed by atoms with Crippen molar-refractivity contribution in [3.05, 3.63) is 35.9 Å². The second-order valence-electron chi connectivity index (χ2n) is 3.85. The Morgan fingerprint density at radius 2 is 2.07 bits per heavy atom. The molecule has 0 aliphatic carbocycles. The molecule has 1 heterocycles. The van der Waals surface area contributed by atoms with Gasteiger partial charge in [0.25, 0.3) is 0 Å². The van der Waals surface area contributed by atoms with Crippen LogP contribution in [0.25, 0.3) is 0 Å². The first-order chi connectivity index (χ1) is 6.79. The molecule has 1 aliphatic heterocycles. The third kappa shape index (κ3) is 1.70. The van der Waals surface area contributed by atoms with E-state index in [1.165, 1.54) is 5.56 Å². The van der Waals surface area contributed by atoms with Crippen LogP contribution in [-0.4, -0.2) is 12.3 Å². The molecule has 0 amide bonds. The normalized spacial score (nSPS) is 26.4. The minimum absolute atomic E-state index is 0.164. The zero-order chi connectivity index (χ0) is 9.97. The number of nitrogens with one attached hydrogen (secondary N) is 1. The van der Waals surface area contributed by atoms with E-state index in [-0.39, 0.29) is 12.0 Å². The minimum Gasteiger partial charge on any atom is -0.309 e. The van der Waals surface area contributed by atoms with Gasteiger partial charge < -0.3 is 5.32 Å². The summed E-state index contributed by atoms with van der Waals surface area (Å²) in [5, 5.41) is 3.38. The van der Waals surface area contributed by atoms with Crippen LogP contribution >= 0.6 is 0 Å². The smallest absolute Gasteiger partial charge is 0.134 e. The van der Waals surface area contributed by atoms with Gasteiger partial charge in [0.15, 0.2) is 0 Å². The standard InChI is InChI=1S/C12H15NO/c1-9(14)11-7-8-13-12(11)10-5-3-2-4-6-10/h2-6,11-13H,7-8H2,1H3/t11-,12-/m1/s1. The molecule has 1 aliphatic rings. The van der Waals surface area contributed by atoms with Gasteiger partial charge in [-0.1, -0.05) is 30.3 Å². The van der Waals surface area contributed by atoms with E-state index in [0.717, 1.165) is 13.0 Å². The van der Waals surface area contributed by atoms with Crippen LogP contribution in [0.1, 0.15) is 24.9 Å². The van der Waals surface area contributed by atoms with Gasteiger partial charge in [0.1, 0.15) is 5.78 Å². The minimum atomic E-state index is 0.164. The van der Waals surface area contributed by atoms with Crippen LogP contribution in [-0.2, 0) is 4.79 Å². The number of ketones is 1. The van der Waals surface area contributed by atoms with Crippen LogP contribution < -0.4 is 5.32 Å². The molecule has 2 atom stereocenters. The Morgan fingerprint density at radius 1 is 1.36 bits per heavy atom. The van der Waals surface area contributed by atoms with Crippen molar-refractivity contribution in [3.8, 4) is 0 Å². The molecule has 14 heavy (non-hydrogen) atoms. The summed E-state index contributed by atoms with van der Waals surface area (Å²) in [5.41, 5.74) is 1.23. The summed E-state index contributed by atoms with van der Waals surface area (Å²) in [7, 11) is 0. The zero-order valence-corrected chi connectivity index (χ0v) is 8.36. The Bertz CT molecular complexity index is 320. The molecule has 2 heteroatoms. The van der Waals surface area contributed by atoms with Crippen LogP contribution in [0.3, 0.4) is 0 Å². The highest BCUT2D eigenvalue weighted by Gasteiger charge is 2.30. The first-order valence-electron chi connectivity index (χ1n) is 5.08. The van der Waals surface area contributed by atoms with Crippen molar-refractivity contribution in [3.63, 3.8) is 0 Å². The molecule has 0 spiro atoms. The molecule has 1 aromatic carbocycles. The number of carbonyl (C=O) groups excluding carboxylic acids is 1. The maximum Gasteiger partial charge on any atom is 0.134 e. The predicted molar refractivity (Wildman–Crippen MR) is 56.0 cm³/mol. The highest BCUT2D eigenvalue weighted by molar-refractivity contribution is 5.79. The molecule has 0 radical (unpaired) electrons. The maximum absolute atomic E-state index is 11.4. The quantitative estimate of drug-likeness (QED) is 0.770. The highest BCUT2D eigenvalue weighted by atomic mass is 16.1.